The molecule has 3 heterocycles. The molecule has 0 radical (unpaired) electrons. The Hall–Kier alpha value is -2.77. The molecule has 2 saturated heterocycles. The molecule has 2 aromatic rings. The molecule has 8 nitrogen and oxygen atoms in total. The molecule has 0 spiro atoms. The standard InChI is InChI=1S/C17H20N6O2/c1-21-10-14-8-7-13(9-15(21)24)23(14)17(25)12-5-3-11(4-6-12)16-18-20-22(2)19-16/h3-6,13-14H,7-10H2,1-2H3/t13-,14+/m1/s1. The number of likely N-dealkylation sites (tertiary alicyclic amines) is 1. The monoisotopic (exact) mass is 340 g/mol. The van der Waals surface area contributed by atoms with E-state index < -0.39 is 0 Å². The predicted molar refractivity (Wildman–Crippen MR) is 89.5 cm³/mol. The van der Waals surface area contributed by atoms with Crippen LogP contribution in [0.1, 0.15) is 29.6 Å². The lowest BCUT2D eigenvalue weighted by Gasteiger charge is -2.28. The fourth-order valence-corrected chi connectivity index (χ4v) is 3.76. The third kappa shape index (κ3) is 2.77. The Morgan fingerprint density at radius 3 is 2.52 bits per heavy atom. The number of fused-ring (bicyclic) bond motifs is 2. The summed E-state index contributed by atoms with van der Waals surface area (Å²) in [5.41, 5.74) is 1.44. The SMILES string of the molecule is CN1C[C@@H]2CC[C@H](CC1=O)N2C(=O)c1ccc(-c2nnn(C)n2)cc1. The maximum Gasteiger partial charge on any atom is 0.254 e. The Balaban J connectivity index is 1.57. The molecule has 8 heteroatoms. The second kappa shape index (κ2) is 5.94. The first-order valence-electron chi connectivity index (χ1n) is 8.44. The molecule has 2 atom stereocenters. The summed E-state index contributed by atoms with van der Waals surface area (Å²) < 4.78 is 0. The highest BCUT2D eigenvalue weighted by Crippen LogP contribution is 2.32. The third-order valence-electron chi connectivity index (χ3n) is 5.07. The average molecular weight is 340 g/mol. The first-order chi connectivity index (χ1) is 12.0. The zero-order valence-corrected chi connectivity index (χ0v) is 14.3. The van der Waals surface area contributed by atoms with Gasteiger partial charge in [0.25, 0.3) is 5.91 Å². The summed E-state index contributed by atoms with van der Waals surface area (Å²) in [6.07, 6.45) is 2.27. The molecule has 0 aliphatic carbocycles. The summed E-state index contributed by atoms with van der Waals surface area (Å²) in [5.74, 6) is 0.645. The maximum atomic E-state index is 13.0. The van der Waals surface area contributed by atoms with Crippen molar-refractivity contribution >= 4 is 11.8 Å². The van der Waals surface area contributed by atoms with Crippen molar-refractivity contribution in [1.82, 2.24) is 30.0 Å². The van der Waals surface area contributed by atoms with Gasteiger partial charge in [0.15, 0.2) is 0 Å². The van der Waals surface area contributed by atoms with Gasteiger partial charge in [-0.3, -0.25) is 9.59 Å². The van der Waals surface area contributed by atoms with Gasteiger partial charge < -0.3 is 9.80 Å². The number of tetrazole rings is 1. The van der Waals surface area contributed by atoms with E-state index in [2.05, 4.69) is 15.4 Å². The van der Waals surface area contributed by atoms with Crippen molar-refractivity contribution in [3.63, 3.8) is 0 Å². The fourth-order valence-electron chi connectivity index (χ4n) is 3.76. The van der Waals surface area contributed by atoms with Gasteiger partial charge in [-0.2, -0.15) is 4.80 Å². The number of aryl methyl sites for hydroxylation is 1. The predicted octanol–water partition coefficient (Wildman–Crippen LogP) is 0.712. The lowest BCUT2D eigenvalue weighted by Crippen LogP contribution is -2.42. The van der Waals surface area contributed by atoms with Crippen LogP contribution in [0.25, 0.3) is 11.4 Å². The molecule has 1 aromatic carbocycles. The summed E-state index contributed by atoms with van der Waals surface area (Å²) in [6, 6.07) is 7.38. The minimum atomic E-state index is -0.00532. The minimum absolute atomic E-state index is 0.00532. The fraction of sp³-hybridized carbons (Fsp3) is 0.471. The molecular weight excluding hydrogens is 320 g/mol. The Bertz CT molecular complexity index is 815. The van der Waals surface area contributed by atoms with Crippen LogP contribution in [0.5, 0.6) is 0 Å². The number of benzene rings is 1. The molecule has 2 bridgehead atoms. The minimum Gasteiger partial charge on any atom is -0.344 e. The Kier molecular flexibility index (Phi) is 3.74. The lowest BCUT2D eigenvalue weighted by molar-refractivity contribution is -0.130. The summed E-state index contributed by atoms with van der Waals surface area (Å²) in [4.78, 5) is 30.2. The van der Waals surface area contributed by atoms with Gasteiger partial charge in [0.1, 0.15) is 0 Å². The molecule has 25 heavy (non-hydrogen) atoms. The van der Waals surface area contributed by atoms with Crippen molar-refractivity contribution < 1.29 is 9.59 Å². The van der Waals surface area contributed by atoms with Gasteiger partial charge in [-0.25, -0.2) is 0 Å². The Morgan fingerprint density at radius 1 is 1.12 bits per heavy atom. The highest BCUT2D eigenvalue weighted by Gasteiger charge is 2.42. The zero-order valence-electron chi connectivity index (χ0n) is 14.3. The molecule has 130 valence electrons. The van der Waals surface area contributed by atoms with Crippen molar-refractivity contribution in [2.45, 2.75) is 31.3 Å². The molecule has 2 fully saturated rings. The van der Waals surface area contributed by atoms with Crippen molar-refractivity contribution in [3.8, 4) is 11.4 Å². The summed E-state index contributed by atoms with van der Waals surface area (Å²) in [6.45, 7) is 0.614. The van der Waals surface area contributed by atoms with E-state index >= 15 is 0 Å². The average Bonchev–Trinajstić information content (AvgIpc) is 3.17. The number of nitrogens with zero attached hydrogens (tertiary/aromatic N) is 6. The molecule has 2 amide bonds. The Morgan fingerprint density at radius 2 is 1.84 bits per heavy atom. The molecule has 0 saturated carbocycles. The van der Waals surface area contributed by atoms with Gasteiger partial charge in [-0.15, -0.1) is 10.2 Å². The van der Waals surface area contributed by atoms with E-state index in [4.69, 9.17) is 0 Å². The normalized spacial score (nSPS) is 23.0. The zero-order chi connectivity index (χ0) is 17.6. The van der Waals surface area contributed by atoms with Crippen LogP contribution in [0.4, 0.5) is 0 Å². The number of aromatic nitrogens is 4. The summed E-state index contributed by atoms with van der Waals surface area (Å²) in [7, 11) is 3.52. The van der Waals surface area contributed by atoms with Gasteiger partial charge in [0.05, 0.1) is 7.05 Å². The second-order valence-electron chi connectivity index (χ2n) is 6.76. The summed E-state index contributed by atoms with van der Waals surface area (Å²) in [5, 5.41) is 12.0. The van der Waals surface area contributed by atoms with Gasteiger partial charge in [-0.05, 0) is 30.2 Å². The second-order valence-corrected chi connectivity index (χ2v) is 6.76. The van der Waals surface area contributed by atoms with Crippen molar-refractivity contribution in [2.24, 2.45) is 7.05 Å². The number of rotatable bonds is 2. The molecule has 2 aliphatic heterocycles. The summed E-state index contributed by atoms with van der Waals surface area (Å²) >= 11 is 0. The molecule has 4 rings (SSSR count). The van der Waals surface area contributed by atoms with E-state index in [1.54, 1.807) is 24.1 Å². The van der Waals surface area contributed by atoms with E-state index in [9.17, 15) is 9.59 Å². The number of hydrogen-bond acceptors (Lipinski definition) is 5. The molecule has 2 aliphatic rings. The van der Waals surface area contributed by atoms with E-state index in [1.165, 1.54) is 4.80 Å². The molecule has 0 N–H and O–H groups in total. The largest absolute Gasteiger partial charge is 0.344 e. The van der Waals surface area contributed by atoms with E-state index in [1.807, 2.05) is 24.1 Å². The van der Waals surface area contributed by atoms with Crippen LogP contribution < -0.4 is 0 Å². The van der Waals surface area contributed by atoms with Crippen LogP contribution in [0, 0.1) is 0 Å². The number of hydrogen-bond donors (Lipinski definition) is 0. The van der Waals surface area contributed by atoms with Gasteiger partial charge in [0, 0.05) is 43.2 Å². The third-order valence-corrected chi connectivity index (χ3v) is 5.07. The first kappa shape index (κ1) is 15.7. The van der Waals surface area contributed by atoms with Crippen LogP contribution >= 0.6 is 0 Å². The molecule has 1 aromatic heterocycles. The van der Waals surface area contributed by atoms with Crippen molar-refractivity contribution in [2.75, 3.05) is 13.6 Å². The van der Waals surface area contributed by atoms with E-state index in [0.717, 1.165) is 18.4 Å². The quantitative estimate of drug-likeness (QED) is 0.804. The smallest absolute Gasteiger partial charge is 0.254 e. The number of likely N-dealkylation sites (N-methyl/N-ethyl adjacent to an activating group) is 1. The van der Waals surface area contributed by atoms with Crippen LogP contribution in [-0.4, -0.2) is 67.5 Å². The van der Waals surface area contributed by atoms with Crippen LogP contribution in [0.15, 0.2) is 24.3 Å². The van der Waals surface area contributed by atoms with Crippen molar-refractivity contribution in [1.29, 1.82) is 0 Å². The van der Waals surface area contributed by atoms with Gasteiger partial charge >= 0.3 is 0 Å². The number of carbonyl (C=O) groups is 2. The highest BCUT2D eigenvalue weighted by atomic mass is 16.2. The number of amides is 2. The van der Waals surface area contributed by atoms with Crippen LogP contribution in [0.2, 0.25) is 0 Å². The lowest BCUT2D eigenvalue weighted by atomic mass is 10.1. The van der Waals surface area contributed by atoms with Crippen LogP contribution in [-0.2, 0) is 11.8 Å². The van der Waals surface area contributed by atoms with Gasteiger partial charge in [-0.1, -0.05) is 12.1 Å². The number of carbonyl (C=O) groups excluding carboxylic acids is 2. The van der Waals surface area contributed by atoms with E-state index in [0.29, 0.717) is 24.4 Å². The van der Waals surface area contributed by atoms with Gasteiger partial charge in [0.2, 0.25) is 11.7 Å². The highest BCUT2D eigenvalue weighted by molar-refractivity contribution is 5.96. The molecule has 0 unspecified atom stereocenters. The van der Waals surface area contributed by atoms with Crippen molar-refractivity contribution in [3.05, 3.63) is 29.8 Å². The van der Waals surface area contributed by atoms with E-state index in [-0.39, 0.29) is 23.9 Å². The first-order valence-corrected chi connectivity index (χ1v) is 8.44. The maximum absolute atomic E-state index is 13.0. The van der Waals surface area contributed by atoms with Crippen LogP contribution in [0.3, 0.4) is 0 Å². The Labute approximate surface area is 145 Å². The molecular formula is C17H20N6O2. The topological polar surface area (TPSA) is 84.2 Å².